The summed E-state index contributed by atoms with van der Waals surface area (Å²) in [6.07, 6.45) is 4.16. The van der Waals surface area contributed by atoms with Crippen LogP contribution < -0.4 is 0 Å². The predicted molar refractivity (Wildman–Crippen MR) is 84.7 cm³/mol. The van der Waals surface area contributed by atoms with E-state index in [0.717, 1.165) is 18.5 Å². The van der Waals surface area contributed by atoms with E-state index in [1.165, 1.54) is 44.5 Å². The SMILES string of the molecule is CC(C)N1CCC2C(CCCN2Cc2ccccc2)C1. The van der Waals surface area contributed by atoms with Crippen LogP contribution in [0.4, 0.5) is 0 Å². The number of piperidine rings is 2. The number of fused-ring (bicyclic) bond motifs is 1. The van der Waals surface area contributed by atoms with E-state index in [2.05, 4.69) is 54.0 Å². The monoisotopic (exact) mass is 272 g/mol. The Hall–Kier alpha value is -0.860. The van der Waals surface area contributed by atoms with Crippen LogP contribution >= 0.6 is 0 Å². The zero-order valence-corrected chi connectivity index (χ0v) is 13.0. The van der Waals surface area contributed by atoms with Crippen molar-refractivity contribution in [2.24, 2.45) is 5.92 Å². The minimum absolute atomic E-state index is 0.709. The first-order valence-electron chi connectivity index (χ1n) is 8.26. The number of rotatable bonds is 3. The number of benzene rings is 1. The third-order valence-corrected chi connectivity index (χ3v) is 5.17. The largest absolute Gasteiger partial charge is 0.301 e. The van der Waals surface area contributed by atoms with Crippen LogP contribution in [0.2, 0.25) is 0 Å². The van der Waals surface area contributed by atoms with Gasteiger partial charge < -0.3 is 4.90 Å². The first-order chi connectivity index (χ1) is 9.74. The third kappa shape index (κ3) is 3.07. The van der Waals surface area contributed by atoms with Gasteiger partial charge in [-0.1, -0.05) is 30.3 Å². The van der Waals surface area contributed by atoms with Crippen molar-refractivity contribution < 1.29 is 0 Å². The number of nitrogens with zero attached hydrogens (tertiary/aromatic N) is 2. The molecule has 0 amide bonds. The standard InChI is InChI=1S/C18H28N2/c1-15(2)19-12-10-18-17(14-19)9-6-11-20(18)13-16-7-4-3-5-8-16/h3-5,7-8,15,17-18H,6,9-14H2,1-2H3. The minimum Gasteiger partial charge on any atom is -0.301 e. The Bertz CT molecular complexity index is 415. The fraction of sp³-hybridized carbons (Fsp3) is 0.667. The van der Waals surface area contributed by atoms with Gasteiger partial charge in [-0.25, -0.2) is 0 Å². The van der Waals surface area contributed by atoms with E-state index in [1.807, 2.05) is 0 Å². The number of hydrogen-bond acceptors (Lipinski definition) is 2. The van der Waals surface area contributed by atoms with Crippen molar-refractivity contribution in [3.8, 4) is 0 Å². The smallest absolute Gasteiger partial charge is 0.0236 e. The van der Waals surface area contributed by atoms with Gasteiger partial charge in [-0.3, -0.25) is 4.90 Å². The van der Waals surface area contributed by atoms with Gasteiger partial charge in [0.15, 0.2) is 0 Å². The summed E-state index contributed by atoms with van der Waals surface area (Å²) in [4.78, 5) is 5.42. The van der Waals surface area contributed by atoms with Crippen molar-refractivity contribution in [1.29, 1.82) is 0 Å². The normalized spacial score (nSPS) is 28.6. The maximum absolute atomic E-state index is 2.75. The lowest BCUT2D eigenvalue weighted by molar-refractivity contribution is 0.00830. The van der Waals surface area contributed by atoms with Crippen LogP contribution in [0.5, 0.6) is 0 Å². The van der Waals surface area contributed by atoms with E-state index in [4.69, 9.17) is 0 Å². The maximum Gasteiger partial charge on any atom is 0.0236 e. The van der Waals surface area contributed by atoms with Crippen LogP contribution in [0.15, 0.2) is 30.3 Å². The molecular formula is C18H28N2. The summed E-state index contributed by atoms with van der Waals surface area (Å²) in [5.41, 5.74) is 1.47. The highest BCUT2D eigenvalue weighted by Gasteiger charge is 2.36. The molecule has 2 heteroatoms. The summed E-state index contributed by atoms with van der Waals surface area (Å²) >= 11 is 0. The Morgan fingerprint density at radius 3 is 2.65 bits per heavy atom. The van der Waals surface area contributed by atoms with Crippen LogP contribution in [-0.4, -0.2) is 41.5 Å². The molecule has 0 bridgehead atoms. The van der Waals surface area contributed by atoms with Gasteiger partial charge in [0.05, 0.1) is 0 Å². The summed E-state index contributed by atoms with van der Waals surface area (Å²) in [5.74, 6) is 0.892. The zero-order chi connectivity index (χ0) is 13.9. The summed E-state index contributed by atoms with van der Waals surface area (Å²) < 4.78 is 0. The molecule has 0 saturated carbocycles. The lowest BCUT2D eigenvalue weighted by Crippen LogP contribution is -2.54. The maximum atomic E-state index is 2.75. The minimum atomic E-state index is 0.709. The quantitative estimate of drug-likeness (QED) is 0.832. The summed E-state index contributed by atoms with van der Waals surface area (Å²) in [7, 11) is 0. The molecule has 3 rings (SSSR count). The molecule has 1 aromatic rings. The Labute approximate surface area is 123 Å². The van der Waals surface area contributed by atoms with E-state index in [9.17, 15) is 0 Å². The van der Waals surface area contributed by atoms with Gasteiger partial charge in [0.25, 0.3) is 0 Å². The van der Waals surface area contributed by atoms with Crippen molar-refractivity contribution >= 4 is 0 Å². The Kier molecular flexibility index (Phi) is 4.42. The van der Waals surface area contributed by atoms with Crippen molar-refractivity contribution in [2.45, 2.75) is 51.7 Å². The molecule has 20 heavy (non-hydrogen) atoms. The van der Waals surface area contributed by atoms with Gasteiger partial charge in [-0.2, -0.15) is 0 Å². The molecule has 2 unspecified atom stereocenters. The average molecular weight is 272 g/mol. The van der Waals surface area contributed by atoms with E-state index < -0.39 is 0 Å². The first-order valence-corrected chi connectivity index (χ1v) is 8.26. The van der Waals surface area contributed by atoms with E-state index in [1.54, 1.807) is 0 Å². The highest BCUT2D eigenvalue weighted by atomic mass is 15.2. The van der Waals surface area contributed by atoms with Gasteiger partial charge in [0.1, 0.15) is 0 Å². The number of likely N-dealkylation sites (tertiary alicyclic amines) is 2. The van der Waals surface area contributed by atoms with E-state index in [-0.39, 0.29) is 0 Å². The zero-order valence-electron chi connectivity index (χ0n) is 13.0. The molecule has 2 saturated heterocycles. The molecule has 110 valence electrons. The predicted octanol–water partition coefficient (Wildman–Crippen LogP) is 3.38. The van der Waals surface area contributed by atoms with Crippen molar-refractivity contribution in [3.05, 3.63) is 35.9 Å². The van der Waals surface area contributed by atoms with Gasteiger partial charge in [0, 0.05) is 25.2 Å². The van der Waals surface area contributed by atoms with Gasteiger partial charge in [0.2, 0.25) is 0 Å². The Morgan fingerprint density at radius 2 is 1.90 bits per heavy atom. The molecule has 0 N–H and O–H groups in total. The van der Waals surface area contributed by atoms with Crippen LogP contribution in [0.25, 0.3) is 0 Å². The molecule has 2 aliphatic heterocycles. The van der Waals surface area contributed by atoms with Gasteiger partial charge in [-0.05, 0) is 57.7 Å². The Balaban J connectivity index is 1.65. The topological polar surface area (TPSA) is 6.48 Å². The van der Waals surface area contributed by atoms with Crippen LogP contribution in [0.3, 0.4) is 0 Å². The fourth-order valence-corrected chi connectivity index (χ4v) is 4.02. The first kappa shape index (κ1) is 14.1. The average Bonchev–Trinajstić information content (AvgIpc) is 2.48. The van der Waals surface area contributed by atoms with E-state index in [0.29, 0.717) is 6.04 Å². The second-order valence-corrected chi connectivity index (χ2v) is 6.80. The fourth-order valence-electron chi connectivity index (χ4n) is 4.02. The molecule has 2 fully saturated rings. The molecule has 2 atom stereocenters. The molecule has 0 radical (unpaired) electrons. The number of hydrogen-bond donors (Lipinski definition) is 0. The third-order valence-electron chi connectivity index (χ3n) is 5.17. The van der Waals surface area contributed by atoms with Crippen molar-refractivity contribution in [1.82, 2.24) is 9.80 Å². The van der Waals surface area contributed by atoms with Crippen LogP contribution in [0.1, 0.15) is 38.7 Å². The molecule has 2 nitrogen and oxygen atoms in total. The molecule has 2 aliphatic rings. The van der Waals surface area contributed by atoms with Crippen LogP contribution in [0, 0.1) is 5.92 Å². The van der Waals surface area contributed by atoms with Crippen LogP contribution in [-0.2, 0) is 6.54 Å². The van der Waals surface area contributed by atoms with Crippen molar-refractivity contribution in [3.63, 3.8) is 0 Å². The molecule has 0 aliphatic carbocycles. The molecule has 1 aromatic carbocycles. The Morgan fingerprint density at radius 1 is 1.10 bits per heavy atom. The van der Waals surface area contributed by atoms with Crippen molar-refractivity contribution in [2.75, 3.05) is 19.6 Å². The lowest BCUT2D eigenvalue weighted by Gasteiger charge is -2.48. The van der Waals surface area contributed by atoms with Gasteiger partial charge in [-0.15, -0.1) is 0 Å². The lowest BCUT2D eigenvalue weighted by atomic mass is 9.83. The second-order valence-electron chi connectivity index (χ2n) is 6.80. The second kappa shape index (κ2) is 6.28. The highest BCUT2D eigenvalue weighted by molar-refractivity contribution is 5.15. The van der Waals surface area contributed by atoms with Gasteiger partial charge >= 0.3 is 0 Å². The molecule has 0 spiro atoms. The molecular weight excluding hydrogens is 244 g/mol. The summed E-state index contributed by atoms with van der Waals surface area (Å²) in [6.45, 7) is 9.70. The highest BCUT2D eigenvalue weighted by Crippen LogP contribution is 2.32. The molecule has 0 aromatic heterocycles. The summed E-state index contributed by atoms with van der Waals surface area (Å²) in [6, 6.07) is 12.5. The summed E-state index contributed by atoms with van der Waals surface area (Å²) in [5, 5.41) is 0. The molecule has 2 heterocycles. The van der Waals surface area contributed by atoms with E-state index >= 15 is 0 Å².